The summed E-state index contributed by atoms with van der Waals surface area (Å²) in [6, 6.07) is 2.11. The fourth-order valence-corrected chi connectivity index (χ4v) is 2.87. The van der Waals surface area contributed by atoms with Crippen LogP contribution in [0, 0.1) is 3.57 Å². The molecule has 0 aliphatic carbocycles. The first-order valence-electron chi connectivity index (χ1n) is 4.21. The number of thiophene rings is 1. The third kappa shape index (κ3) is 1.54. The number of halogens is 1. The molecule has 0 spiro atoms. The molecule has 2 aromatic rings. The first kappa shape index (κ1) is 9.97. The highest BCUT2D eigenvalue weighted by Gasteiger charge is 2.16. The Hall–Kier alpha value is -0.560. The third-order valence-corrected chi connectivity index (χ3v) is 3.99. The van der Waals surface area contributed by atoms with Gasteiger partial charge in [-0.15, -0.1) is 11.3 Å². The summed E-state index contributed by atoms with van der Waals surface area (Å²) < 4.78 is 6.11. The van der Waals surface area contributed by atoms with Gasteiger partial charge >= 0.3 is 0 Å². The number of rotatable bonds is 2. The lowest BCUT2D eigenvalue weighted by molar-refractivity contribution is 0.436. The van der Waals surface area contributed by atoms with Crippen molar-refractivity contribution in [2.45, 2.75) is 13.3 Å². The minimum Gasteiger partial charge on any atom is -0.380 e. The number of aryl methyl sites for hydroxylation is 1. The van der Waals surface area contributed by atoms with Crippen LogP contribution in [-0.4, -0.2) is 5.16 Å². The molecule has 0 saturated heterocycles. The zero-order valence-electron chi connectivity index (χ0n) is 7.58. The summed E-state index contributed by atoms with van der Waals surface area (Å²) in [6.07, 6.45) is 0.996. The van der Waals surface area contributed by atoms with Crippen LogP contribution in [0.2, 0.25) is 0 Å². The first-order valence-corrected chi connectivity index (χ1v) is 6.17. The lowest BCUT2D eigenvalue weighted by atomic mass is 10.2. The van der Waals surface area contributed by atoms with E-state index in [-0.39, 0.29) is 0 Å². The number of hydrogen-bond acceptors (Lipinski definition) is 4. The van der Waals surface area contributed by atoms with E-state index in [0.717, 1.165) is 20.6 Å². The molecule has 2 heterocycles. The smallest absolute Gasteiger partial charge is 0.192 e. The highest BCUT2D eigenvalue weighted by molar-refractivity contribution is 14.1. The van der Waals surface area contributed by atoms with E-state index in [1.54, 1.807) is 11.3 Å². The van der Waals surface area contributed by atoms with Crippen LogP contribution in [-0.2, 0) is 6.42 Å². The molecule has 2 rings (SSSR count). The average molecular weight is 320 g/mol. The van der Waals surface area contributed by atoms with E-state index in [0.29, 0.717) is 5.82 Å². The van der Waals surface area contributed by atoms with Crippen molar-refractivity contribution in [1.82, 2.24) is 5.16 Å². The van der Waals surface area contributed by atoms with Crippen molar-refractivity contribution in [2.24, 2.45) is 0 Å². The molecule has 2 N–H and O–H groups in total. The van der Waals surface area contributed by atoms with Gasteiger partial charge in [0.05, 0.1) is 4.88 Å². The van der Waals surface area contributed by atoms with E-state index in [1.165, 1.54) is 5.56 Å². The second kappa shape index (κ2) is 3.90. The maximum absolute atomic E-state index is 5.63. The predicted octanol–water partition coefficient (Wildman–Crippen LogP) is 3.15. The molecule has 74 valence electrons. The molecule has 5 heteroatoms. The van der Waals surface area contributed by atoms with E-state index in [1.807, 2.05) is 0 Å². The van der Waals surface area contributed by atoms with Gasteiger partial charge in [0.15, 0.2) is 11.6 Å². The molecular weight excluding hydrogens is 311 g/mol. The molecule has 0 fully saturated rings. The van der Waals surface area contributed by atoms with Gasteiger partial charge in [0.2, 0.25) is 0 Å². The molecule has 0 radical (unpaired) electrons. The second-order valence-corrected chi connectivity index (χ2v) is 4.83. The summed E-state index contributed by atoms with van der Waals surface area (Å²) >= 11 is 3.82. The minimum atomic E-state index is 0.469. The van der Waals surface area contributed by atoms with Crippen LogP contribution in [0.15, 0.2) is 16.0 Å². The van der Waals surface area contributed by atoms with Gasteiger partial charge in [0.1, 0.15) is 3.57 Å². The van der Waals surface area contributed by atoms with Gasteiger partial charge in [-0.2, -0.15) is 0 Å². The fraction of sp³-hybridized carbons (Fsp3) is 0.222. The maximum atomic E-state index is 5.63. The predicted molar refractivity (Wildman–Crippen MR) is 66.3 cm³/mol. The largest absolute Gasteiger partial charge is 0.380 e. The Balaban J connectivity index is 2.54. The van der Waals surface area contributed by atoms with Crippen LogP contribution >= 0.6 is 33.9 Å². The molecule has 0 bridgehead atoms. The van der Waals surface area contributed by atoms with Crippen LogP contribution in [0.5, 0.6) is 0 Å². The van der Waals surface area contributed by atoms with Gasteiger partial charge in [-0.25, -0.2) is 0 Å². The van der Waals surface area contributed by atoms with Gasteiger partial charge in [0, 0.05) is 0 Å². The number of anilines is 1. The van der Waals surface area contributed by atoms with Crippen LogP contribution in [0.1, 0.15) is 12.5 Å². The van der Waals surface area contributed by atoms with Crippen molar-refractivity contribution in [2.75, 3.05) is 5.73 Å². The summed E-state index contributed by atoms with van der Waals surface area (Å²) in [5, 5.41) is 5.81. The van der Waals surface area contributed by atoms with Crippen LogP contribution in [0.25, 0.3) is 10.6 Å². The van der Waals surface area contributed by atoms with E-state index < -0.39 is 0 Å². The highest BCUT2D eigenvalue weighted by Crippen LogP contribution is 2.35. The summed E-state index contributed by atoms with van der Waals surface area (Å²) in [5.74, 6) is 1.27. The number of nitrogens with two attached hydrogens (primary N) is 1. The SMILES string of the molecule is CCc1ccsc1-c1onc(N)c1I. The van der Waals surface area contributed by atoms with E-state index in [2.05, 4.69) is 46.1 Å². The summed E-state index contributed by atoms with van der Waals surface area (Å²) in [5.41, 5.74) is 6.91. The van der Waals surface area contributed by atoms with Crippen molar-refractivity contribution in [3.63, 3.8) is 0 Å². The molecule has 0 saturated carbocycles. The van der Waals surface area contributed by atoms with Gasteiger partial charge in [0.25, 0.3) is 0 Å². The second-order valence-electron chi connectivity index (χ2n) is 2.84. The Morgan fingerprint density at radius 3 is 3.00 bits per heavy atom. The van der Waals surface area contributed by atoms with Gasteiger partial charge in [-0.05, 0) is 46.0 Å². The third-order valence-electron chi connectivity index (χ3n) is 1.99. The van der Waals surface area contributed by atoms with Gasteiger partial charge < -0.3 is 10.3 Å². The Labute approximate surface area is 99.4 Å². The molecule has 0 aliphatic heterocycles. The number of nitrogen functional groups attached to an aromatic ring is 1. The lowest BCUT2D eigenvalue weighted by Gasteiger charge is -1.96. The van der Waals surface area contributed by atoms with E-state index >= 15 is 0 Å². The van der Waals surface area contributed by atoms with Crippen LogP contribution in [0.3, 0.4) is 0 Å². The van der Waals surface area contributed by atoms with Crippen molar-refractivity contribution in [1.29, 1.82) is 0 Å². The van der Waals surface area contributed by atoms with Crippen molar-refractivity contribution >= 4 is 39.7 Å². The number of hydrogen-bond donors (Lipinski definition) is 1. The zero-order chi connectivity index (χ0) is 10.1. The fourth-order valence-electron chi connectivity index (χ4n) is 1.25. The van der Waals surface area contributed by atoms with Crippen molar-refractivity contribution < 1.29 is 4.52 Å². The molecule has 14 heavy (non-hydrogen) atoms. The monoisotopic (exact) mass is 320 g/mol. The van der Waals surface area contributed by atoms with Crippen LogP contribution < -0.4 is 5.73 Å². The first-order chi connectivity index (χ1) is 6.74. The topological polar surface area (TPSA) is 52.0 Å². The number of aromatic nitrogens is 1. The molecule has 0 amide bonds. The lowest BCUT2D eigenvalue weighted by Crippen LogP contribution is -1.86. The Morgan fingerprint density at radius 2 is 2.43 bits per heavy atom. The van der Waals surface area contributed by atoms with E-state index in [4.69, 9.17) is 10.3 Å². The normalized spacial score (nSPS) is 10.7. The standard InChI is InChI=1S/C9H9IN2OS/c1-2-5-3-4-14-8(5)7-6(10)9(11)12-13-7/h3-4H,2H2,1H3,(H2,11,12). The van der Waals surface area contributed by atoms with Gasteiger partial charge in [-0.1, -0.05) is 12.1 Å². The molecular formula is C9H9IN2OS. The molecule has 3 nitrogen and oxygen atoms in total. The Bertz CT molecular complexity index is 449. The number of nitrogens with zero attached hydrogens (tertiary/aromatic N) is 1. The Morgan fingerprint density at radius 1 is 1.64 bits per heavy atom. The van der Waals surface area contributed by atoms with Crippen LogP contribution in [0.4, 0.5) is 5.82 Å². The summed E-state index contributed by atoms with van der Waals surface area (Å²) in [6.45, 7) is 2.12. The average Bonchev–Trinajstić information content (AvgIpc) is 2.75. The quantitative estimate of drug-likeness (QED) is 0.865. The molecule has 0 unspecified atom stereocenters. The van der Waals surface area contributed by atoms with E-state index in [9.17, 15) is 0 Å². The maximum Gasteiger partial charge on any atom is 0.192 e. The summed E-state index contributed by atoms with van der Waals surface area (Å²) in [4.78, 5) is 1.14. The minimum absolute atomic E-state index is 0.469. The molecule has 0 aromatic carbocycles. The molecule has 2 aromatic heterocycles. The zero-order valence-corrected chi connectivity index (χ0v) is 10.6. The van der Waals surface area contributed by atoms with Gasteiger partial charge in [-0.3, -0.25) is 0 Å². The highest BCUT2D eigenvalue weighted by atomic mass is 127. The molecule has 0 atom stereocenters. The Kier molecular flexibility index (Phi) is 2.78. The summed E-state index contributed by atoms with van der Waals surface area (Å²) in [7, 11) is 0. The van der Waals surface area contributed by atoms with Crippen molar-refractivity contribution in [3.8, 4) is 10.6 Å². The molecule has 0 aliphatic rings. The van der Waals surface area contributed by atoms with Crippen molar-refractivity contribution in [3.05, 3.63) is 20.6 Å².